The van der Waals surface area contributed by atoms with Crippen molar-refractivity contribution in [3.05, 3.63) is 29.3 Å². The zero-order valence-electron chi connectivity index (χ0n) is 10.3. The molecule has 0 heterocycles. The van der Waals surface area contributed by atoms with Crippen LogP contribution in [0.3, 0.4) is 0 Å². The van der Waals surface area contributed by atoms with Gasteiger partial charge >= 0.3 is 12.0 Å². The number of carbonyl (C=O) groups excluding carboxylic acids is 1. The third kappa shape index (κ3) is 3.23. The molecule has 2 rings (SSSR count). The van der Waals surface area contributed by atoms with Crippen molar-refractivity contribution < 1.29 is 19.8 Å². The molecule has 1 aromatic carbocycles. The van der Waals surface area contributed by atoms with Crippen LogP contribution in [0.5, 0.6) is 0 Å². The molecule has 1 aromatic rings. The van der Waals surface area contributed by atoms with E-state index in [2.05, 4.69) is 10.6 Å². The molecule has 0 radical (unpaired) electrons. The van der Waals surface area contributed by atoms with Gasteiger partial charge in [-0.1, -0.05) is 6.07 Å². The van der Waals surface area contributed by atoms with Gasteiger partial charge in [0.05, 0.1) is 6.61 Å². The summed E-state index contributed by atoms with van der Waals surface area (Å²) in [6.07, 6.45) is 3.19. The maximum atomic E-state index is 11.6. The van der Waals surface area contributed by atoms with E-state index in [9.17, 15) is 9.59 Å². The number of carboxylic acid groups (broad SMARTS) is 1. The van der Waals surface area contributed by atoms with Crippen molar-refractivity contribution in [2.24, 2.45) is 0 Å². The van der Waals surface area contributed by atoms with Gasteiger partial charge in [-0.05, 0) is 42.5 Å². The number of carboxylic acids is 1. The van der Waals surface area contributed by atoms with E-state index < -0.39 is 24.6 Å². The molecule has 19 heavy (non-hydrogen) atoms. The van der Waals surface area contributed by atoms with Gasteiger partial charge in [-0.2, -0.15) is 0 Å². The predicted octanol–water partition coefficient (Wildman–Crippen LogP) is 0.742. The quantitative estimate of drug-likeness (QED) is 0.644. The number of fused-ring (bicyclic) bond motifs is 1. The monoisotopic (exact) mass is 264 g/mol. The fourth-order valence-corrected chi connectivity index (χ4v) is 2.16. The number of rotatable bonds is 4. The van der Waals surface area contributed by atoms with Crippen molar-refractivity contribution in [1.29, 1.82) is 0 Å². The van der Waals surface area contributed by atoms with Gasteiger partial charge in [0.1, 0.15) is 0 Å². The van der Waals surface area contributed by atoms with Crippen LogP contribution < -0.4 is 10.6 Å². The highest BCUT2D eigenvalue weighted by atomic mass is 16.4. The highest BCUT2D eigenvalue weighted by Crippen LogP contribution is 2.24. The first-order valence-electron chi connectivity index (χ1n) is 6.13. The number of aliphatic hydroxyl groups excluding tert-OH is 1. The summed E-state index contributed by atoms with van der Waals surface area (Å²) in [7, 11) is 0. The molecule has 0 spiro atoms. The van der Waals surface area contributed by atoms with Crippen LogP contribution in [0.1, 0.15) is 17.5 Å². The number of aryl methyl sites for hydroxylation is 2. The minimum atomic E-state index is -1.30. The smallest absolute Gasteiger partial charge is 0.328 e. The highest BCUT2D eigenvalue weighted by Gasteiger charge is 2.19. The van der Waals surface area contributed by atoms with Crippen molar-refractivity contribution in [1.82, 2.24) is 5.32 Å². The summed E-state index contributed by atoms with van der Waals surface area (Å²) in [4.78, 5) is 22.3. The zero-order chi connectivity index (χ0) is 13.8. The Morgan fingerprint density at radius 2 is 2.00 bits per heavy atom. The van der Waals surface area contributed by atoms with Crippen molar-refractivity contribution in [3.63, 3.8) is 0 Å². The molecule has 0 unspecified atom stereocenters. The molecule has 2 amide bonds. The van der Waals surface area contributed by atoms with Gasteiger partial charge in [-0.15, -0.1) is 0 Å². The van der Waals surface area contributed by atoms with E-state index in [1.807, 2.05) is 12.1 Å². The molecule has 0 aromatic heterocycles. The minimum Gasteiger partial charge on any atom is -0.480 e. The topological polar surface area (TPSA) is 98.7 Å². The second-order valence-electron chi connectivity index (χ2n) is 4.51. The summed E-state index contributed by atoms with van der Waals surface area (Å²) in [5.74, 6) is -1.27. The normalized spacial score (nSPS) is 14.6. The van der Waals surface area contributed by atoms with E-state index in [-0.39, 0.29) is 0 Å². The van der Waals surface area contributed by atoms with Gasteiger partial charge in [0.25, 0.3) is 0 Å². The Morgan fingerprint density at radius 1 is 1.26 bits per heavy atom. The van der Waals surface area contributed by atoms with Crippen LogP contribution in [-0.4, -0.2) is 34.9 Å². The predicted molar refractivity (Wildman–Crippen MR) is 69.1 cm³/mol. The zero-order valence-corrected chi connectivity index (χ0v) is 10.3. The van der Waals surface area contributed by atoms with Gasteiger partial charge < -0.3 is 20.8 Å². The Hall–Kier alpha value is -2.08. The summed E-state index contributed by atoms with van der Waals surface area (Å²) >= 11 is 0. The number of carbonyl (C=O) groups is 2. The molecule has 1 aliphatic rings. The van der Waals surface area contributed by atoms with Crippen LogP contribution in [0.2, 0.25) is 0 Å². The maximum Gasteiger partial charge on any atom is 0.328 e. The standard InChI is InChI=1S/C13H16N2O4/c16-7-11(12(17)18)15-13(19)14-10-5-4-8-2-1-3-9(8)6-10/h4-6,11,16H,1-3,7H2,(H,17,18)(H2,14,15,19)/t11-/m1/s1. The Bertz CT molecular complexity index is 501. The Labute approximate surface area is 110 Å². The molecular formula is C13H16N2O4. The number of aliphatic carboxylic acids is 1. The van der Waals surface area contributed by atoms with E-state index in [0.717, 1.165) is 19.3 Å². The molecule has 0 fully saturated rings. The first kappa shape index (κ1) is 13.4. The second-order valence-corrected chi connectivity index (χ2v) is 4.51. The number of benzene rings is 1. The molecule has 6 heteroatoms. The molecule has 0 bridgehead atoms. The molecule has 0 saturated heterocycles. The Morgan fingerprint density at radius 3 is 2.68 bits per heavy atom. The molecule has 1 atom stereocenters. The molecule has 0 aliphatic heterocycles. The first-order valence-corrected chi connectivity index (χ1v) is 6.13. The van der Waals surface area contributed by atoms with Crippen LogP contribution in [0.25, 0.3) is 0 Å². The molecule has 4 N–H and O–H groups in total. The molecular weight excluding hydrogens is 248 g/mol. The third-order valence-electron chi connectivity index (χ3n) is 3.14. The lowest BCUT2D eigenvalue weighted by Gasteiger charge is -2.13. The van der Waals surface area contributed by atoms with Gasteiger partial charge in [0.15, 0.2) is 6.04 Å². The summed E-state index contributed by atoms with van der Waals surface area (Å²) in [5, 5.41) is 22.3. The van der Waals surface area contributed by atoms with E-state index in [1.54, 1.807) is 6.07 Å². The molecule has 1 aliphatic carbocycles. The minimum absolute atomic E-state index is 0.625. The average Bonchev–Trinajstić information content (AvgIpc) is 2.82. The van der Waals surface area contributed by atoms with Crippen LogP contribution in [0.4, 0.5) is 10.5 Å². The van der Waals surface area contributed by atoms with Crippen molar-refractivity contribution in [2.75, 3.05) is 11.9 Å². The van der Waals surface area contributed by atoms with Crippen LogP contribution in [0, 0.1) is 0 Å². The SMILES string of the molecule is O=C(Nc1ccc2c(c1)CCC2)N[C@H](CO)C(=O)O. The van der Waals surface area contributed by atoms with Gasteiger partial charge in [-0.3, -0.25) is 0 Å². The Kier molecular flexibility index (Phi) is 4.01. The lowest BCUT2D eigenvalue weighted by atomic mass is 10.1. The van der Waals surface area contributed by atoms with Gasteiger partial charge in [-0.25, -0.2) is 9.59 Å². The van der Waals surface area contributed by atoms with Gasteiger partial charge in [0, 0.05) is 5.69 Å². The molecule has 102 valence electrons. The summed E-state index contributed by atoms with van der Waals surface area (Å²) in [5.41, 5.74) is 3.14. The fraction of sp³-hybridized carbons (Fsp3) is 0.385. The lowest BCUT2D eigenvalue weighted by Crippen LogP contribution is -2.45. The number of anilines is 1. The maximum absolute atomic E-state index is 11.6. The first-order chi connectivity index (χ1) is 9.10. The number of nitrogens with one attached hydrogen (secondary N) is 2. The number of hydrogen-bond donors (Lipinski definition) is 4. The summed E-state index contributed by atoms with van der Waals surface area (Å²) in [6, 6.07) is 3.72. The summed E-state index contributed by atoms with van der Waals surface area (Å²) < 4.78 is 0. The van der Waals surface area contributed by atoms with Crippen LogP contribution in [-0.2, 0) is 17.6 Å². The Balaban J connectivity index is 1.97. The number of amides is 2. The number of aliphatic hydroxyl groups is 1. The number of urea groups is 1. The fourth-order valence-electron chi connectivity index (χ4n) is 2.16. The van der Waals surface area contributed by atoms with Crippen LogP contribution in [0.15, 0.2) is 18.2 Å². The van der Waals surface area contributed by atoms with E-state index in [0.29, 0.717) is 5.69 Å². The largest absolute Gasteiger partial charge is 0.480 e. The highest BCUT2D eigenvalue weighted by molar-refractivity contribution is 5.92. The molecule has 0 saturated carbocycles. The van der Waals surface area contributed by atoms with Gasteiger partial charge in [0.2, 0.25) is 0 Å². The average molecular weight is 264 g/mol. The van der Waals surface area contributed by atoms with E-state index >= 15 is 0 Å². The van der Waals surface area contributed by atoms with Crippen molar-refractivity contribution in [3.8, 4) is 0 Å². The molecule has 6 nitrogen and oxygen atoms in total. The van der Waals surface area contributed by atoms with Crippen LogP contribution >= 0.6 is 0 Å². The van der Waals surface area contributed by atoms with Crippen molar-refractivity contribution >= 4 is 17.7 Å². The van der Waals surface area contributed by atoms with E-state index in [4.69, 9.17) is 10.2 Å². The third-order valence-corrected chi connectivity index (χ3v) is 3.14. The summed E-state index contributed by atoms with van der Waals surface area (Å²) in [6.45, 7) is -0.646. The van der Waals surface area contributed by atoms with E-state index in [1.165, 1.54) is 11.1 Å². The number of hydrogen-bond acceptors (Lipinski definition) is 3. The lowest BCUT2D eigenvalue weighted by molar-refractivity contribution is -0.140. The van der Waals surface area contributed by atoms with Crippen molar-refractivity contribution in [2.45, 2.75) is 25.3 Å². The second kappa shape index (κ2) is 5.71.